The van der Waals surface area contributed by atoms with E-state index >= 15 is 0 Å². The van der Waals surface area contributed by atoms with Crippen LogP contribution in [-0.4, -0.2) is 19.7 Å². The van der Waals surface area contributed by atoms with E-state index in [9.17, 15) is 0 Å². The zero-order chi connectivity index (χ0) is 13.2. The van der Waals surface area contributed by atoms with Gasteiger partial charge in [-0.25, -0.2) is 9.50 Å². The Balaban J connectivity index is 1.95. The van der Waals surface area contributed by atoms with E-state index in [0.29, 0.717) is 11.6 Å². The number of hydrogen-bond donors (Lipinski definition) is 1. The minimum absolute atomic E-state index is 0.0237. The third-order valence-corrected chi connectivity index (χ3v) is 2.80. The lowest BCUT2D eigenvalue weighted by molar-refractivity contribution is 0.281. The van der Waals surface area contributed by atoms with Crippen LogP contribution in [0.2, 0.25) is 0 Å². The van der Waals surface area contributed by atoms with Crippen molar-refractivity contribution in [3.8, 4) is 11.6 Å². The molecule has 0 amide bonds. The molecule has 3 rings (SSSR count). The summed E-state index contributed by atoms with van der Waals surface area (Å²) in [7, 11) is 0. The van der Waals surface area contributed by atoms with Crippen LogP contribution in [0.4, 0.5) is 0 Å². The fraction of sp³-hybridized carbons (Fsp3) is 0.143. The van der Waals surface area contributed by atoms with Crippen molar-refractivity contribution in [3.63, 3.8) is 0 Å². The molecule has 0 radical (unpaired) electrons. The number of hydrogen-bond acceptors (Lipinski definition) is 4. The summed E-state index contributed by atoms with van der Waals surface area (Å²) in [4.78, 5) is 4.23. The van der Waals surface area contributed by atoms with E-state index in [-0.39, 0.29) is 6.61 Å². The minimum Gasteiger partial charge on any atom is -0.437 e. The van der Waals surface area contributed by atoms with Gasteiger partial charge in [0.25, 0.3) is 0 Å². The first-order chi connectivity index (χ1) is 9.26. The maximum Gasteiger partial charge on any atom is 0.245 e. The van der Waals surface area contributed by atoms with E-state index in [0.717, 1.165) is 16.8 Å². The van der Waals surface area contributed by atoms with E-state index in [1.54, 1.807) is 29.0 Å². The molecule has 19 heavy (non-hydrogen) atoms. The maximum absolute atomic E-state index is 9.00. The lowest BCUT2D eigenvalue weighted by Crippen LogP contribution is -1.94. The van der Waals surface area contributed by atoms with Crippen molar-refractivity contribution in [2.45, 2.75) is 13.5 Å². The largest absolute Gasteiger partial charge is 0.437 e. The highest BCUT2D eigenvalue weighted by Gasteiger charge is 2.07. The van der Waals surface area contributed by atoms with Crippen LogP contribution in [0.3, 0.4) is 0 Å². The van der Waals surface area contributed by atoms with Gasteiger partial charge in [-0.1, -0.05) is 12.1 Å². The average Bonchev–Trinajstić information content (AvgIpc) is 2.81. The molecule has 0 saturated carbocycles. The molecule has 2 heterocycles. The summed E-state index contributed by atoms with van der Waals surface area (Å²) in [6.45, 7) is 1.95. The first-order valence-corrected chi connectivity index (χ1v) is 5.95. The van der Waals surface area contributed by atoms with Gasteiger partial charge in [0.05, 0.1) is 12.3 Å². The van der Waals surface area contributed by atoms with Crippen LogP contribution in [0.15, 0.2) is 42.7 Å². The molecule has 0 atom stereocenters. The number of aliphatic hydroxyl groups is 1. The van der Waals surface area contributed by atoms with Gasteiger partial charge in [-0.15, -0.1) is 0 Å². The molecule has 3 aromatic rings. The number of aryl methyl sites for hydroxylation is 1. The molecular weight excluding hydrogens is 242 g/mol. The molecule has 1 N–H and O–H groups in total. The SMILES string of the molecule is Cc1cc2c(Oc3ccc(CO)cc3)nccn2n1. The molecule has 2 aromatic heterocycles. The first-order valence-electron chi connectivity index (χ1n) is 5.95. The molecular formula is C14H13N3O2. The van der Waals surface area contributed by atoms with Gasteiger partial charge in [-0.3, -0.25) is 0 Å². The van der Waals surface area contributed by atoms with Gasteiger partial charge in [-0.05, 0) is 30.7 Å². The lowest BCUT2D eigenvalue weighted by atomic mass is 10.2. The van der Waals surface area contributed by atoms with E-state index in [1.165, 1.54) is 0 Å². The molecule has 5 nitrogen and oxygen atoms in total. The van der Waals surface area contributed by atoms with Gasteiger partial charge < -0.3 is 9.84 Å². The van der Waals surface area contributed by atoms with Crippen molar-refractivity contribution in [2.75, 3.05) is 0 Å². The number of nitrogens with zero attached hydrogens (tertiary/aromatic N) is 3. The molecule has 0 fully saturated rings. The molecule has 0 aliphatic carbocycles. The zero-order valence-corrected chi connectivity index (χ0v) is 10.4. The molecule has 0 unspecified atom stereocenters. The molecule has 0 aliphatic rings. The summed E-state index contributed by atoms with van der Waals surface area (Å²) >= 11 is 0. The van der Waals surface area contributed by atoms with Crippen molar-refractivity contribution >= 4 is 5.52 Å². The maximum atomic E-state index is 9.00. The standard InChI is InChI=1S/C14H13N3O2/c1-10-8-13-14(15-6-7-17(13)16-10)19-12-4-2-11(9-18)3-5-12/h2-8,18H,9H2,1H3. The summed E-state index contributed by atoms with van der Waals surface area (Å²) in [6, 6.07) is 9.17. The van der Waals surface area contributed by atoms with Crippen molar-refractivity contribution in [1.82, 2.24) is 14.6 Å². The third kappa shape index (κ3) is 2.28. The van der Waals surface area contributed by atoms with Crippen LogP contribution in [-0.2, 0) is 6.61 Å². The first kappa shape index (κ1) is 11.7. The molecule has 0 saturated heterocycles. The summed E-state index contributed by atoms with van der Waals surface area (Å²) < 4.78 is 7.49. The van der Waals surface area contributed by atoms with E-state index in [1.807, 2.05) is 25.1 Å². The number of ether oxygens (including phenoxy) is 1. The summed E-state index contributed by atoms with van der Waals surface area (Å²) in [6.07, 6.45) is 3.43. The number of rotatable bonds is 3. The van der Waals surface area contributed by atoms with Gasteiger partial charge >= 0.3 is 0 Å². The average molecular weight is 255 g/mol. The van der Waals surface area contributed by atoms with Crippen LogP contribution in [0.25, 0.3) is 5.52 Å². The smallest absolute Gasteiger partial charge is 0.245 e. The number of benzene rings is 1. The molecule has 0 spiro atoms. The summed E-state index contributed by atoms with van der Waals surface area (Å²) in [5.74, 6) is 1.19. The minimum atomic E-state index is 0.0237. The molecule has 96 valence electrons. The highest BCUT2D eigenvalue weighted by Crippen LogP contribution is 2.24. The van der Waals surface area contributed by atoms with Gasteiger partial charge in [0.1, 0.15) is 11.3 Å². The van der Waals surface area contributed by atoms with E-state index < -0.39 is 0 Å². The Bertz CT molecular complexity index is 704. The quantitative estimate of drug-likeness (QED) is 0.780. The number of aliphatic hydroxyl groups excluding tert-OH is 1. The highest BCUT2D eigenvalue weighted by atomic mass is 16.5. The second kappa shape index (κ2) is 4.70. The van der Waals surface area contributed by atoms with Crippen molar-refractivity contribution in [2.24, 2.45) is 0 Å². The molecule has 0 bridgehead atoms. The Hall–Kier alpha value is -2.40. The van der Waals surface area contributed by atoms with Crippen molar-refractivity contribution in [1.29, 1.82) is 0 Å². The molecule has 1 aromatic carbocycles. The second-order valence-electron chi connectivity index (χ2n) is 4.25. The van der Waals surface area contributed by atoms with Gasteiger partial charge in [0.15, 0.2) is 0 Å². The fourth-order valence-corrected chi connectivity index (χ4v) is 1.87. The van der Waals surface area contributed by atoms with Gasteiger partial charge in [-0.2, -0.15) is 5.10 Å². The lowest BCUT2D eigenvalue weighted by Gasteiger charge is -2.06. The van der Waals surface area contributed by atoms with Crippen LogP contribution < -0.4 is 4.74 Å². The Labute approximate surface area is 110 Å². The van der Waals surface area contributed by atoms with Crippen LogP contribution >= 0.6 is 0 Å². The predicted octanol–water partition coefficient (Wildman–Crippen LogP) is 2.32. The van der Waals surface area contributed by atoms with Crippen molar-refractivity contribution in [3.05, 3.63) is 54.0 Å². The van der Waals surface area contributed by atoms with Crippen LogP contribution in [0.1, 0.15) is 11.3 Å². The van der Waals surface area contributed by atoms with Gasteiger partial charge in [0, 0.05) is 12.4 Å². The summed E-state index contributed by atoms with van der Waals surface area (Å²) in [5.41, 5.74) is 2.58. The van der Waals surface area contributed by atoms with Crippen molar-refractivity contribution < 1.29 is 9.84 Å². The topological polar surface area (TPSA) is 59.7 Å². The Morgan fingerprint density at radius 2 is 2.05 bits per heavy atom. The number of aromatic nitrogens is 3. The number of fused-ring (bicyclic) bond motifs is 1. The second-order valence-corrected chi connectivity index (χ2v) is 4.25. The third-order valence-electron chi connectivity index (χ3n) is 2.80. The fourth-order valence-electron chi connectivity index (χ4n) is 1.87. The van der Waals surface area contributed by atoms with Crippen LogP contribution in [0, 0.1) is 6.92 Å². The highest BCUT2D eigenvalue weighted by molar-refractivity contribution is 5.57. The van der Waals surface area contributed by atoms with E-state index in [2.05, 4.69) is 10.1 Å². The van der Waals surface area contributed by atoms with Gasteiger partial charge in [0.2, 0.25) is 5.88 Å². The Kier molecular flexibility index (Phi) is 2.89. The predicted molar refractivity (Wildman–Crippen MR) is 70.2 cm³/mol. The molecule has 0 aliphatic heterocycles. The Morgan fingerprint density at radius 3 is 2.79 bits per heavy atom. The Morgan fingerprint density at radius 1 is 1.26 bits per heavy atom. The van der Waals surface area contributed by atoms with Crippen LogP contribution in [0.5, 0.6) is 11.6 Å². The normalized spacial score (nSPS) is 10.8. The summed E-state index contributed by atoms with van der Waals surface area (Å²) in [5, 5.41) is 13.3. The monoisotopic (exact) mass is 255 g/mol. The molecule has 5 heteroatoms. The zero-order valence-electron chi connectivity index (χ0n) is 10.4. The van der Waals surface area contributed by atoms with E-state index in [4.69, 9.17) is 9.84 Å².